The Labute approximate surface area is 221 Å². The molecule has 10 heteroatoms. The fourth-order valence-corrected chi connectivity index (χ4v) is 4.88. The van der Waals surface area contributed by atoms with Gasteiger partial charge in [-0.25, -0.2) is 14.4 Å². The van der Waals surface area contributed by atoms with E-state index in [-0.39, 0.29) is 11.1 Å². The molecule has 0 aliphatic carbocycles. The minimum absolute atomic E-state index is 0.0332. The average Bonchev–Trinajstić information content (AvgIpc) is 3.31. The van der Waals surface area contributed by atoms with Gasteiger partial charge in [-0.3, -0.25) is 0 Å². The number of fused-ring (bicyclic) bond motifs is 1. The highest BCUT2D eigenvalue weighted by atomic mass is 35.5. The van der Waals surface area contributed by atoms with Gasteiger partial charge in [0, 0.05) is 43.9 Å². The number of ether oxygens (including phenoxy) is 3. The number of hydrogen-bond acceptors (Lipinski definition) is 8. The van der Waals surface area contributed by atoms with Gasteiger partial charge in [-0.1, -0.05) is 11.6 Å². The van der Waals surface area contributed by atoms with Gasteiger partial charge in [-0.2, -0.15) is 0 Å². The first-order chi connectivity index (χ1) is 18.0. The van der Waals surface area contributed by atoms with Gasteiger partial charge in [0.05, 0.1) is 35.7 Å². The Kier molecular flexibility index (Phi) is 8.55. The van der Waals surface area contributed by atoms with Crippen molar-refractivity contribution in [1.82, 2.24) is 19.8 Å². The van der Waals surface area contributed by atoms with E-state index in [4.69, 9.17) is 25.8 Å². The predicted octanol–water partition coefficient (Wildman–Crippen LogP) is 4.74. The van der Waals surface area contributed by atoms with E-state index >= 15 is 0 Å². The Hall–Kier alpha value is -2.72. The monoisotopic (exact) mass is 529 g/mol. The van der Waals surface area contributed by atoms with Gasteiger partial charge in [0.1, 0.15) is 35.6 Å². The van der Waals surface area contributed by atoms with Crippen LogP contribution in [0.2, 0.25) is 5.02 Å². The molecule has 5 rings (SSSR count). The van der Waals surface area contributed by atoms with Crippen LogP contribution in [0.4, 0.5) is 15.9 Å². The summed E-state index contributed by atoms with van der Waals surface area (Å²) in [4.78, 5) is 13.8. The number of anilines is 2. The Morgan fingerprint density at radius 1 is 1.16 bits per heavy atom. The number of nitrogens with one attached hydrogen (secondary N) is 1. The van der Waals surface area contributed by atoms with Gasteiger partial charge >= 0.3 is 0 Å². The number of rotatable bonds is 9. The first-order valence-electron chi connectivity index (χ1n) is 12.8. The summed E-state index contributed by atoms with van der Waals surface area (Å²) in [7, 11) is 2.18. The number of halogens is 2. The molecule has 2 saturated heterocycles. The first-order valence-corrected chi connectivity index (χ1v) is 13.2. The second-order valence-electron chi connectivity index (χ2n) is 9.60. The highest BCUT2D eigenvalue weighted by Crippen LogP contribution is 2.37. The lowest BCUT2D eigenvalue weighted by Crippen LogP contribution is -2.30. The van der Waals surface area contributed by atoms with Crippen LogP contribution in [-0.4, -0.2) is 85.5 Å². The molecule has 8 nitrogen and oxygen atoms in total. The lowest BCUT2D eigenvalue weighted by atomic mass is 10.2. The summed E-state index contributed by atoms with van der Waals surface area (Å²) in [5.41, 5.74) is 1.30. The smallest absolute Gasteiger partial charge is 0.145 e. The number of likely N-dealkylation sites (N-methyl/N-ethyl adjacent to an activating group) is 1. The van der Waals surface area contributed by atoms with Crippen molar-refractivity contribution in [1.29, 1.82) is 0 Å². The summed E-state index contributed by atoms with van der Waals surface area (Å²) in [6.45, 7) is 7.31. The molecule has 3 aromatic rings. The Morgan fingerprint density at radius 2 is 2.08 bits per heavy atom. The zero-order valence-corrected chi connectivity index (χ0v) is 21.8. The Balaban J connectivity index is 1.33. The van der Waals surface area contributed by atoms with Crippen molar-refractivity contribution in [3.8, 4) is 11.5 Å². The first kappa shape index (κ1) is 25.9. The van der Waals surface area contributed by atoms with E-state index in [1.807, 2.05) is 12.1 Å². The van der Waals surface area contributed by atoms with Crippen LogP contribution >= 0.6 is 11.6 Å². The molecule has 2 aromatic carbocycles. The zero-order valence-electron chi connectivity index (χ0n) is 21.1. The Bertz CT molecular complexity index is 1210. The molecule has 0 bridgehead atoms. The third-order valence-electron chi connectivity index (χ3n) is 6.74. The minimum Gasteiger partial charge on any atom is -0.493 e. The molecular weight excluding hydrogens is 497 g/mol. The minimum atomic E-state index is -0.477. The van der Waals surface area contributed by atoms with E-state index in [0.717, 1.165) is 51.0 Å². The normalized spacial score (nSPS) is 19.2. The molecule has 1 aromatic heterocycles. The van der Waals surface area contributed by atoms with Crippen LogP contribution in [0.5, 0.6) is 11.5 Å². The van der Waals surface area contributed by atoms with Crippen LogP contribution < -0.4 is 14.8 Å². The number of aromatic nitrogens is 2. The second kappa shape index (κ2) is 12.2. The van der Waals surface area contributed by atoms with Crippen molar-refractivity contribution >= 4 is 34.0 Å². The third kappa shape index (κ3) is 6.78. The summed E-state index contributed by atoms with van der Waals surface area (Å²) >= 11 is 5.98. The second-order valence-corrected chi connectivity index (χ2v) is 10.0. The fraction of sp³-hybridized carbons (Fsp3) is 0.481. The van der Waals surface area contributed by atoms with E-state index in [1.165, 1.54) is 24.9 Å². The van der Waals surface area contributed by atoms with E-state index in [9.17, 15) is 4.39 Å². The lowest BCUT2D eigenvalue weighted by molar-refractivity contribution is 0.142. The highest BCUT2D eigenvalue weighted by Gasteiger charge is 2.21. The van der Waals surface area contributed by atoms with Crippen LogP contribution in [-0.2, 0) is 4.74 Å². The summed E-state index contributed by atoms with van der Waals surface area (Å²) in [5.74, 6) is 1.38. The maximum Gasteiger partial charge on any atom is 0.145 e. The molecular formula is C27H33ClFN5O3. The van der Waals surface area contributed by atoms with Crippen molar-refractivity contribution < 1.29 is 18.6 Å². The molecule has 3 heterocycles. The number of hydrogen-bond donors (Lipinski definition) is 1. The molecule has 1 atom stereocenters. The van der Waals surface area contributed by atoms with Crippen LogP contribution in [0.3, 0.4) is 0 Å². The van der Waals surface area contributed by atoms with E-state index in [2.05, 4.69) is 32.1 Å². The molecule has 0 amide bonds. The molecule has 2 fully saturated rings. The van der Waals surface area contributed by atoms with Crippen molar-refractivity contribution in [2.24, 2.45) is 0 Å². The molecule has 0 spiro atoms. The quantitative estimate of drug-likeness (QED) is 0.399. The molecule has 2 aliphatic heterocycles. The van der Waals surface area contributed by atoms with Crippen molar-refractivity contribution in [3.63, 3.8) is 0 Å². The summed E-state index contributed by atoms with van der Waals surface area (Å²) < 4.78 is 31.7. The number of benzene rings is 2. The summed E-state index contributed by atoms with van der Waals surface area (Å²) in [6, 6.07) is 8.25. The van der Waals surface area contributed by atoms with E-state index in [1.54, 1.807) is 6.07 Å². The predicted molar refractivity (Wildman–Crippen MR) is 143 cm³/mol. The SMILES string of the molecule is CN1CCCN(CCCOc2cc(OC3CCOC3)c3c(Nc4ccc(F)c(Cl)c4)ncnc3c2)CC1. The Morgan fingerprint density at radius 3 is 2.92 bits per heavy atom. The third-order valence-corrected chi connectivity index (χ3v) is 7.03. The standard InChI is InChI=1S/C27H33ClFN5O3/c1-33-7-2-8-34(11-10-33)9-3-12-36-21-15-24-26(25(16-21)37-20-6-13-35-17-20)27(31-18-30-24)32-19-4-5-23(29)22(28)14-19/h4-5,14-16,18,20H,2-3,6-13,17H2,1H3,(H,30,31,32). The van der Waals surface area contributed by atoms with Crippen molar-refractivity contribution in [3.05, 3.63) is 47.5 Å². The van der Waals surface area contributed by atoms with Gasteiger partial charge < -0.3 is 29.3 Å². The maximum absolute atomic E-state index is 13.7. The lowest BCUT2D eigenvalue weighted by Gasteiger charge is -2.20. The molecule has 1 N–H and O–H groups in total. The number of nitrogens with zero attached hydrogens (tertiary/aromatic N) is 4. The summed E-state index contributed by atoms with van der Waals surface area (Å²) in [6.07, 6.45) is 4.37. The average molecular weight is 530 g/mol. The maximum atomic E-state index is 13.7. The topological polar surface area (TPSA) is 72.0 Å². The van der Waals surface area contributed by atoms with Crippen LogP contribution in [0.1, 0.15) is 19.3 Å². The molecule has 1 unspecified atom stereocenters. The summed E-state index contributed by atoms with van der Waals surface area (Å²) in [5, 5.41) is 3.98. The van der Waals surface area contributed by atoms with E-state index in [0.29, 0.717) is 48.3 Å². The highest BCUT2D eigenvalue weighted by molar-refractivity contribution is 6.31. The molecule has 0 radical (unpaired) electrons. The van der Waals surface area contributed by atoms with Gasteiger partial charge in [0.15, 0.2) is 0 Å². The molecule has 2 aliphatic rings. The molecule has 0 saturated carbocycles. The zero-order chi connectivity index (χ0) is 25.6. The van der Waals surface area contributed by atoms with Gasteiger partial charge in [0.2, 0.25) is 0 Å². The molecule has 37 heavy (non-hydrogen) atoms. The fourth-order valence-electron chi connectivity index (χ4n) is 4.70. The van der Waals surface area contributed by atoms with Crippen LogP contribution in [0, 0.1) is 5.82 Å². The van der Waals surface area contributed by atoms with Crippen molar-refractivity contribution in [2.45, 2.75) is 25.4 Å². The molecule has 198 valence electrons. The van der Waals surface area contributed by atoms with Gasteiger partial charge in [0.25, 0.3) is 0 Å². The van der Waals surface area contributed by atoms with Gasteiger partial charge in [-0.05, 0) is 51.2 Å². The van der Waals surface area contributed by atoms with Crippen LogP contribution in [0.25, 0.3) is 10.9 Å². The van der Waals surface area contributed by atoms with E-state index < -0.39 is 5.82 Å². The van der Waals surface area contributed by atoms with Gasteiger partial charge in [-0.15, -0.1) is 0 Å². The largest absolute Gasteiger partial charge is 0.493 e. The van der Waals surface area contributed by atoms with Crippen molar-refractivity contribution in [2.75, 3.05) is 64.9 Å². The van der Waals surface area contributed by atoms with Crippen LogP contribution in [0.15, 0.2) is 36.7 Å².